The molecule has 1 aliphatic carbocycles. The molecule has 11 heteroatoms. The first-order valence-electron chi connectivity index (χ1n) is 14.3. The molecule has 4 rings (SSSR count). The van der Waals surface area contributed by atoms with Gasteiger partial charge in [0.15, 0.2) is 0 Å². The van der Waals surface area contributed by atoms with Crippen LogP contribution in [0.5, 0.6) is 5.75 Å². The lowest BCUT2D eigenvalue weighted by molar-refractivity contribution is -0.140. The number of anilines is 1. The van der Waals surface area contributed by atoms with Crippen LogP contribution in [-0.2, 0) is 26.2 Å². The SMILES string of the molecule is CC[C@@H](C(=O)NC1CCCC1)N(Cc1ccc(OC)cc1)C(=O)CN(c1cccc(Cl)c1Cl)S(=O)(=O)c1ccc(C)cc1. The Hall–Kier alpha value is -3.27. The van der Waals surface area contributed by atoms with Gasteiger partial charge in [0.05, 0.1) is 27.7 Å². The molecule has 43 heavy (non-hydrogen) atoms. The predicted molar refractivity (Wildman–Crippen MR) is 170 cm³/mol. The second-order valence-electron chi connectivity index (χ2n) is 10.7. The molecule has 0 radical (unpaired) electrons. The summed E-state index contributed by atoms with van der Waals surface area (Å²) in [7, 11) is -2.70. The quantitative estimate of drug-likeness (QED) is 0.247. The number of sulfonamides is 1. The zero-order valence-electron chi connectivity index (χ0n) is 24.6. The van der Waals surface area contributed by atoms with Crippen LogP contribution in [0.15, 0.2) is 71.6 Å². The van der Waals surface area contributed by atoms with Gasteiger partial charge in [0, 0.05) is 12.6 Å². The highest BCUT2D eigenvalue weighted by atomic mass is 35.5. The number of halogens is 2. The summed E-state index contributed by atoms with van der Waals surface area (Å²) in [5, 5.41) is 3.26. The zero-order chi connectivity index (χ0) is 31.1. The van der Waals surface area contributed by atoms with E-state index in [0.717, 1.165) is 41.1 Å². The summed E-state index contributed by atoms with van der Waals surface area (Å²) in [4.78, 5) is 29.3. The lowest BCUT2D eigenvalue weighted by Crippen LogP contribution is -2.53. The van der Waals surface area contributed by atoms with Crippen LogP contribution in [-0.4, -0.2) is 50.9 Å². The third-order valence-electron chi connectivity index (χ3n) is 7.69. The highest BCUT2D eigenvalue weighted by molar-refractivity contribution is 7.92. The van der Waals surface area contributed by atoms with Crippen LogP contribution < -0.4 is 14.4 Å². The van der Waals surface area contributed by atoms with Crippen molar-refractivity contribution in [2.24, 2.45) is 0 Å². The lowest BCUT2D eigenvalue weighted by Gasteiger charge is -2.34. The Labute approximate surface area is 264 Å². The van der Waals surface area contributed by atoms with Crippen LogP contribution in [0, 0.1) is 6.92 Å². The third-order valence-corrected chi connectivity index (χ3v) is 10.3. The van der Waals surface area contributed by atoms with Crippen LogP contribution in [0.2, 0.25) is 10.0 Å². The molecule has 1 aliphatic rings. The minimum atomic E-state index is -4.27. The van der Waals surface area contributed by atoms with Crippen LogP contribution >= 0.6 is 23.2 Å². The largest absolute Gasteiger partial charge is 0.497 e. The van der Waals surface area contributed by atoms with Crippen molar-refractivity contribution in [2.45, 2.75) is 69.5 Å². The summed E-state index contributed by atoms with van der Waals surface area (Å²) in [5.74, 6) is -0.167. The molecule has 1 N–H and O–H groups in total. The monoisotopic (exact) mass is 645 g/mol. The van der Waals surface area contributed by atoms with E-state index >= 15 is 0 Å². The first-order valence-corrected chi connectivity index (χ1v) is 16.5. The van der Waals surface area contributed by atoms with Gasteiger partial charge in [0.1, 0.15) is 18.3 Å². The number of nitrogens with one attached hydrogen (secondary N) is 1. The Morgan fingerprint density at radius 2 is 1.65 bits per heavy atom. The number of nitrogens with zero attached hydrogens (tertiary/aromatic N) is 2. The number of ether oxygens (including phenoxy) is 1. The fraction of sp³-hybridized carbons (Fsp3) is 0.375. The molecule has 0 bridgehead atoms. The molecule has 0 aromatic heterocycles. The summed E-state index contributed by atoms with van der Waals surface area (Å²) in [6, 6.07) is 17.4. The molecular formula is C32H37Cl2N3O5S. The highest BCUT2D eigenvalue weighted by Gasteiger charge is 2.35. The Morgan fingerprint density at radius 1 is 1.00 bits per heavy atom. The minimum Gasteiger partial charge on any atom is -0.497 e. The zero-order valence-corrected chi connectivity index (χ0v) is 26.9. The van der Waals surface area contributed by atoms with E-state index < -0.39 is 28.5 Å². The molecule has 2 amide bonds. The molecule has 1 saturated carbocycles. The molecule has 0 spiro atoms. The van der Waals surface area contributed by atoms with Crippen molar-refractivity contribution < 1.29 is 22.7 Å². The van der Waals surface area contributed by atoms with Crippen molar-refractivity contribution in [3.05, 3.63) is 87.9 Å². The molecular weight excluding hydrogens is 609 g/mol. The van der Waals surface area contributed by atoms with E-state index in [0.29, 0.717) is 12.2 Å². The van der Waals surface area contributed by atoms with Crippen molar-refractivity contribution >= 4 is 50.7 Å². The van der Waals surface area contributed by atoms with Gasteiger partial charge in [-0.25, -0.2) is 8.42 Å². The average Bonchev–Trinajstić information content (AvgIpc) is 3.51. The number of aryl methyl sites for hydroxylation is 1. The first kappa shape index (κ1) is 32.6. The van der Waals surface area contributed by atoms with Gasteiger partial charge in [0.2, 0.25) is 11.8 Å². The number of carbonyl (C=O) groups is 2. The fourth-order valence-electron chi connectivity index (χ4n) is 5.25. The second-order valence-corrected chi connectivity index (χ2v) is 13.3. The van der Waals surface area contributed by atoms with E-state index in [1.807, 2.05) is 26.0 Å². The Kier molecular flexibility index (Phi) is 11.0. The normalized spacial score (nSPS) is 14.3. The second kappa shape index (κ2) is 14.5. The van der Waals surface area contributed by atoms with Crippen LogP contribution in [0.1, 0.15) is 50.2 Å². The molecule has 1 atom stereocenters. The number of rotatable bonds is 12. The third kappa shape index (κ3) is 7.82. The van der Waals surface area contributed by atoms with Crippen molar-refractivity contribution in [2.75, 3.05) is 18.0 Å². The lowest BCUT2D eigenvalue weighted by atomic mass is 10.1. The Bertz CT molecular complexity index is 1530. The van der Waals surface area contributed by atoms with E-state index in [9.17, 15) is 18.0 Å². The van der Waals surface area contributed by atoms with E-state index in [1.54, 1.807) is 43.5 Å². The molecule has 8 nitrogen and oxygen atoms in total. The maximum Gasteiger partial charge on any atom is 0.264 e. The topological polar surface area (TPSA) is 96.0 Å². The minimum absolute atomic E-state index is 0.000348. The Morgan fingerprint density at radius 3 is 2.26 bits per heavy atom. The maximum atomic E-state index is 14.3. The van der Waals surface area contributed by atoms with Crippen LogP contribution in [0.3, 0.4) is 0 Å². The molecule has 3 aromatic carbocycles. The number of hydrogen-bond donors (Lipinski definition) is 1. The standard InChI is InChI=1S/C32H37Cl2N3O5S/c1-4-28(32(39)35-24-8-5-6-9-24)36(20-23-14-16-25(42-3)17-15-23)30(38)21-37(29-11-7-10-27(33)31(29)34)43(40,41)26-18-12-22(2)13-19-26/h7,10-19,24,28H,4-6,8-9,20-21H2,1-3H3,(H,35,39)/t28-/m0/s1. The van der Waals surface area contributed by atoms with Crippen LogP contribution in [0.25, 0.3) is 0 Å². The fourth-order valence-corrected chi connectivity index (χ4v) is 7.12. The number of carbonyl (C=O) groups excluding carboxylic acids is 2. The molecule has 0 aliphatic heterocycles. The molecule has 230 valence electrons. The van der Waals surface area contributed by atoms with E-state index in [2.05, 4.69) is 5.32 Å². The molecule has 3 aromatic rings. The number of benzene rings is 3. The van der Waals surface area contributed by atoms with Crippen molar-refractivity contribution in [1.29, 1.82) is 0 Å². The summed E-state index contributed by atoms with van der Waals surface area (Å²) in [6.45, 7) is 3.17. The van der Waals surface area contributed by atoms with Gasteiger partial charge in [0.25, 0.3) is 10.0 Å². The average molecular weight is 647 g/mol. The van der Waals surface area contributed by atoms with Gasteiger partial charge >= 0.3 is 0 Å². The smallest absolute Gasteiger partial charge is 0.264 e. The van der Waals surface area contributed by atoms with Gasteiger partial charge < -0.3 is 15.0 Å². The van der Waals surface area contributed by atoms with E-state index in [4.69, 9.17) is 27.9 Å². The van der Waals surface area contributed by atoms with E-state index in [-0.39, 0.29) is 39.1 Å². The number of amides is 2. The van der Waals surface area contributed by atoms with Crippen molar-refractivity contribution in [1.82, 2.24) is 10.2 Å². The first-order chi connectivity index (χ1) is 20.5. The number of hydrogen-bond acceptors (Lipinski definition) is 5. The van der Waals surface area contributed by atoms with Gasteiger partial charge in [-0.1, -0.05) is 78.9 Å². The van der Waals surface area contributed by atoms with Gasteiger partial charge in [-0.3, -0.25) is 13.9 Å². The molecule has 0 saturated heterocycles. The summed E-state index contributed by atoms with van der Waals surface area (Å²) < 4.78 is 34.4. The van der Waals surface area contributed by atoms with Crippen molar-refractivity contribution in [3.8, 4) is 5.75 Å². The summed E-state index contributed by atoms with van der Waals surface area (Å²) >= 11 is 12.8. The van der Waals surface area contributed by atoms with Gasteiger partial charge in [-0.15, -0.1) is 0 Å². The van der Waals surface area contributed by atoms with Crippen molar-refractivity contribution in [3.63, 3.8) is 0 Å². The maximum absolute atomic E-state index is 14.3. The van der Waals surface area contributed by atoms with Gasteiger partial charge in [-0.2, -0.15) is 0 Å². The molecule has 1 fully saturated rings. The molecule has 0 unspecified atom stereocenters. The highest BCUT2D eigenvalue weighted by Crippen LogP contribution is 2.35. The predicted octanol–water partition coefficient (Wildman–Crippen LogP) is 6.37. The molecule has 0 heterocycles. The van der Waals surface area contributed by atoms with Crippen LogP contribution in [0.4, 0.5) is 5.69 Å². The summed E-state index contributed by atoms with van der Waals surface area (Å²) in [6.07, 6.45) is 4.21. The van der Waals surface area contributed by atoms with E-state index in [1.165, 1.54) is 23.1 Å². The van der Waals surface area contributed by atoms with Gasteiger partial charge in [-0.05, 0) is 68.1 Å². The Balaban J connectivity index is 1.74. The summed E-state index contributed by atoms with van der Waals surface area (Å²) in [5.41, 5.74) is 1.71. The number of methoxy groups -OCH3 is 1.